The van der Waals surface area contributed by atoms with Crippen LogP contribution in [-0.2, 0) is 11.2 Å². The van der Waals surface area contributed by atoms with Gasteiger partial charge in [0, 0.05) is 24.0 Å². The molecule has 4 heteroatoms. The van der Waals surface area contributed by atoms with Crippen molar-refractivity contribution >= 4 is 11.6 Å². The highest BCUT2D eigenvalue weighted by Gasteiger charge is 2.30. The van der Waals surface area contributed by atoms with Crippen LogP contribution in [0.3, 0.4) is 0 Å². The van der Waals surface area contributed by atoms with E-state index in [1.54, 1.807) is 6.20 Å². The molecule has 0 saturated heterocycles. The number of nitriles is 1. The van der Waals surface area contributed by atoms with Crippen LogP contribution < -0.4 is 4.90 Å². The average molecular weight is 305 g/mol. The van der Waals surface area contributed by atoms with Gasteiger partial charge in [-0.25, -0.2) is 4.98 Å². The second-order valence-electron chi connectivity index (χ2n) is 7.07. The van der Waals surface area contributed by atoms with Gasteiger partial charge in [0.05, 0.1) is 6.42 Å². The molecule has 23 heavy (non-hydrogen) atoms. The molecule has 116 valence electrons. The van der Waals surface area contributed by atoms with E-state index in [0.717, 1.165) is 22.4 Å². The monoisotopic (exact) mass is 305 g/mol. The Morgan fingerprint density at radius 1 is 1.30 bits per heavy atom. The van der Waals surface area contributed by atoms with E-state index in [4.69, 9.17) is 0 Å². The predicted molar refractivity (Wildman–Crippen MR) is 89.9 cm³/mol. The van der Waals surface area contributed by atoms with Crippen LogP contribution in [0.15, 0.2) is 36.5 Å². The molecule has 1 amide bonds. The Kier molecular flexibility index (Phi) is 3.65. The molecule has 0 spiro atoms. The molecular weight excluding hydrogens is 286 g/mol. The van der Waals surface area contributed by atoms with Crippen molar-refractivity contribution in [3.05, 3.63) is 47.8 Å². The highest BCUT2D eigenvalue weighted by Crippen LogP contribution is 2.35. The number of pyridine rings is 1. The largest absolute Gasteiger partial charge is 0.311 e. The van der Waals surface area contributed by atoms with Gasteiger partial charge < -0.3 is 4.90 Å². The van der Waals surface area contributed by atoms with Crippen molar-refractivity contribution in [3.8, 4) is 17.2 Å². The molecule has 0 N–H and O–H groups in total. The standard InChI is InChI=1S/C19H19N3O/c1-19(2,3)12-22-17-7-6-13(9-14(17)10-18(22)23)15-5-4-8-21-16(15)11-20/h4-9H,10,12H2,1-3H3. The molecule has 2 aromatic rings. The van der Waals surface area contributed by atoms with Gasteiger partial charge in [-0.15, -0.1) is 0 Å². The van der Waals surface area contributed by atoms with Crippen molar-refractivity contribution in [2.24, 2.45) is 5.41 Å². The Labute approximate surface area is 136 Å². The van der Waals surface area contributed by atoms with Crippen molar-refractivity contribution < 1.29 is 4.79 Å². The molecule has 0 unspecified atom stereocenters. The van der Waals surface area contributed by atoms with Crippen LogP contribution in [0, 0.1) is 16.7 Å². The van der Waals surface area contributed by atoms with E-state index in [1.807, 2.05) is 35.2 Å². The summed E-state index contributed by atoms with van der Waals surface area (Å²) < 4.78 is 0. The Bertz CT molecular complexity index is 812. The van der Waals surface area contributed by atoms with Crippen molar-refractivity contribution in [2.45, 2.75) is 27.2 Å². The first-order valence-corrected chi connectivity index (χ1v) is 7.68. The van der Waals surface area contributed by atoms with Gasteiger partial charge in [0.2, 0.25) is 5.91 Å². The van der Waals surface area contributed by atoms with Crippen molar-refractivity contribution in [1.82, 2.24) is 4.98 Å². The van der Waals surface area contributed by atoms with Crippen LogP contribution in [0.1, 0.15) is 32.0 Å². The third-order valence-corrected chi connectivity index (χ3v) is 3.87. The van der Waals surface area contributed by atoms with Crippen LogP contribution in [0.5, 0.6) is 0 Å². The summed E-state index contributed by atoms with van der Waals surface area (Å²) in [6.45, 7) is 7.08. The zero-order valence-corrected chi connectivity index (χ0v) is 13.6. The van der Waals surface area contributed by atoms with E-state index in [9.17, 15) is 10.1 Å². The lowest BCUT2D eigenvalue weighted by Gasteiger charge is -2.27. The van der Waals surface area contributed by atoms with Gasteiger partial charge in [0.25, 0.3) is 0 Å². The summed E-state index contributed by atoms with van der Waals surface area (Å²) in [7, 11) is 0. The van der Waals surface area contributed by atoms with Crippen molar-refractivity contribution in [2.75, 3.05) is 11.4 Å². The number of hydrogen-bond acceptors (Lipinski definition) is 3. The molecule has 1 aliphatic heterocycles. The van der Waals surface area contributed by atoms with E-state index in [1.165, 1.54) is 0 Å². The number of anilines is 1. The highest BCUT2D eigenvalue weighted by atomic mass is 16.2. The molecule has 0 saturated carbocycles. The van der Waals surface area contributed by atoms with Gasteiger partial charge in [0.15, 0.2) is 0 Å². The van der Waals surface area contributed by atoms with Crippen LogP contribution in [0.2, 0.25) is 0 Å². The Hall–Kier alpha value is -2.67. The van der Waals surface area contributed by atoms with Gasteiger partial charge in [0.1, 0.15) is 11.8 Å². The molecule has 1 aliphatic rings. The number of benzene rings is 1. The average Bonchev–Trinajstić information content (AvgIpc) is 2.80. The predicted octanol–water partition coefficient (Wildman–Crippen LogP) is 3.56. The minimum atomic E-state index is 0.0489. The fraction of sp³-hybridized carbons (Fsp3) is 0.316. The van der Waals surface area contributed by atoms with E-state index in [-0.39, 0.29) is 11.3 Å². The van der Waals surface area contributed by atoms with Crippen molar-refractivity contribution in [3.63, 3.8) is 0 Å². The second-order valence-corrected chi connectivity index (χ2v) is 7.07. The number of aromatic nitrogens is 1. The minimum Gasteiger partial charge on any atom is -0.311 e. The Balaban J connectivity index is 2.01. The van der Waals surface area contributed by atoms with E-state index in [2.05, 4.69) is 31.8 Å². The normalized spacial score (nSPS) is 13.8. The highest BCUT2D eigenvalue weighted by molar-refractivity contribution is 6.02. The Morgan fingerprint density at radius 3 is 2.78 bits per heavy atom. The van der Waals surface area contributed by atoms with Gasteiger partial charge in [-0.1, -0.05) is 26.8 Å². The first-order valence-electron chi connectivity index (χ1n) is 7.68. The lowest BCUT2D eigenvalue weighted by Crippen LogP contribution is -2.35. The molecule has 2 heterocycles. The first kappa shape index (κ1) is 15.2. The summed E-state index contributed by atoms with van der Waals surface area (Å²) in [5, 5.41) is 9.21. The molecule has 0 bridgehead atoms. The van der Waals surface area contributed by atoms with Gasteiger partial charge in [-0.2, -0.15) is 5.26 Å². The molecule has 3 rings (SSSR count). The zero-order valence-electron chi connectivity index (χ0n) is 13.6. The van der Waals surface area contributed by atoms with E-state index < -0.39 is 0 Å². The molecule has 0 fully saturated rings. The van der Waals surface area contributed by atoms with Gasteiger partial charge >= 0.3 is 0 Å². The number of carbonyl (C=O) groups excluding carboxylic acids is 1. The lowest BCUT2D eigenvalue weighted by atomic mass is 9.96. The minimum absolute atomic E-state index is 0.0489. The maximum Gasteiger partial charge on any atom is 0.231 e. The second kappa shape index (κ2) is 5.51. The summed E-state index contributed by atoms with van der Waals surface area (Å²) in [6.07, 6.45) is 2.03. The number of hydrogen-bond donors (Lipinski definition) is 0. The van der Waals surface area contributed by atoms with Crippen LogP contribution >= 0.6 is 0 Å². The van der Waals surface area contributed by atoms with Gasteiger partial charge in [-0.3, -0.25) is 4.79 Å². The van der Waals surface area contributed by atoms with Crippen LogP contribution in [0.4, 0.5) is 5.69 Å². The Morgan fingerprint density at radius 2 is 2.09 bits per heavy atom. The molecule has 0 radical (unpaired) electrons. The number of rotatable bonds is 2. The first-order chi connectivity index (χ1) is 10.9. The van der Waals surface area contributed by atoms with Crippen molar-refractivity contribution in [1.29, 1.82) is 5.26 Å². The third kappa shape index (κ3) is 2.95. The van der Waals surface area contributed by atoms with E-state index >= 15 is 0 Å². The zero-order chi connectivity index (χ0) is 16.6. The topological polar surface area (TPSA) is 57.0 Å². The van der Waals surface area contributed by atoms with Gasteiger partial charge in [-0.05, 0) is 40.8 Å². The molecule has 4 nitrogen and oxygen atoms in total. The summed E-state index contributed by atoms with van der Waals surface area (Å²) >= 11 is 0. The fourth-order valence-electron chi connectivity index (χ4n) is 2.93. The fourth-order valence-corrected chi connectivity index (χ4v) is 2.93. The molecule has 1 aromatic carbocycles. The maximum absolute atomic E-state index is 12.3. The third-order valence-electron chi connectivity index (χ3n) is 3.87. The van der Waals surface area contributed by atoms with Crippen LogP contribution in [-0.4, -0.2) is 17.4 Å². The molecule has 0 atom stereocenters. The van der Waals surface area contributed by atoms with E-state index in [0.29, 0.717) is 18.7 Å². The number of carbonyl (C=O) groups is 1. The molecule has 0 aliphatic carbocycles. The smallest absolute Gasteiger partial charge is 0.231 e. The summed E-state index contributed by atoms with van der Waals surface area (Å²) in [5.41, 5.74) is 4.19. The summed E-state index contributed by atoms with van der Waals surface area (Å²) in [6, 6.07) is 11.8. The number of nitrogens with zero attached hydrogens (tertiary/aromatic N) is 3. The quantitative estimate of drug-likeness (QED) is 0.852. The lowest BCUT2D eigenvalue weighted by molar-refractivity contribution is -0.117. The molecular formula is C19H19N3O. The summed E-state index contributed by atoms with van der Waals surface area (Å²) in [4.78, 5) is 18.3. The number of fused-ring (bicyclic) bond motifs is 1. The van der Waals surface area contributed by atoms with Crippen LogP contribution in [0.25, 0.3) is 11.1 Å². The number of amides is 1. The SMILES string of the molecule is CC(C)(C)CN1C(=O)Cc2cc(-c3cccnc3C#N)ccc21. The summed E-state index contributed by atoms with van der Waals surface area (Å²) in [5.74, 6) is 0.138. The maximum atomic E-state index is 12.3. The molecule has 1 aromatic heterocycles.